The Labute approximate surface area is 119 Å². The molecule has 0 radical (unpaired) electrons. The molecule has 0 aliphatic rings. The number of nitrogens with one attached hydrogen (secondary N) is 1. The molecule has 0 amide bonds. The van der Waals surface area contributed by atoms with Crippen LogP contribution >= 0.6 is 0 Å². The molecule has 108 valence electrons. The van der Waals surface area contributed by atoms with Gasteiger partial charge in [0.15, 0.2) is 11.6 Å². The third-order valence-corrected chi connectivity index (χ3v) is 3.23. The summed E-state index contributed by atoms with van der Waals surface area (Å²) in [6.45, 7) is 6.28. The summed E-state index contributed by atoms with van der Waals surface area (Å²) in [5.74, 6) is 1.46. The van der Waals surface area contributed by atoms with Crippen molar-refractivity contribution < 1.29 is 4.74 Å². The van der Waals surface area contributed by atoms with Crippen molar-refractivity contribution in [3.05, 3.63) is 29.3 Å². The molecular weight excluding hydrogens is 254 g/mol. The van der Waals surface area contributed by atoms with Gasteiger partial charge in [0.1, 0.15) is 0 Å². The summed E-state index contributed by atoms with van der Waals surface area (Å²) < 4.78 is 6.94. The molecule has 0 fully saturated rings. The van der Waals surface area contributed by atoms with Gasteiger partial charge in [-0.3, -0.25) is 0 Å². The third kappa shape index (κ3) is 3.20. The molecule has 1 N–H and O–H groups in total. The lowest BCUT2D eigenvalue weighted by molar-refractivity contribution is 0.199. The lowest BCUT2D eigenvalue weighted by Gasteiger charge is -2.11. The molecule has 0 bridgehead atoms. The topological polar surface area (TPSA) is 64.9 Å². The van der Waals surface area contributed by atoms with Crippen LogP contribution in [0.25, 0.3) is 11.6 Å². The van der Waals surface area contributed by atoms with Gasteiger partial charge in [-0.2, -0.15) is 0 Å². The van der Waals surface area contributed by atoms with E-state index in [0.717, 1.165) is 35.9 Å². The van der Waals surface area contributed by atoms with Crippen LogP contribution in [0, 0.1) is 13.8 Å². The first-order chi connectivity index (χ1) is 9.63. The predicted molar refractivity (Wildman–Crippen MR) is 77.3 cm³/mol. The van der Waals surface area contributed by atoms with Crippen molar-refractivity contribution in [2.45, 2.75) is 20.4 Å². The maximum absolute atomic E-state index is 5.02. The molecule has 2 aromatic rings. The zero-order chi connectivity index (χ0) is 14.5. The van der Waals surface area contributed by atoms with Gasteiger partial charge in [0.25, 0.3) is 0 Å². The maximum atomic E-state index is 5.02. The van der Waals surface area contributed by atoms with Crippen molar-refractivity contribution in [3.63, 3.8) is 0 Å². The fourth-order valence-electron chi connectivity index (χ4n) is 2.06. The first kappa shape index (κ1) is 14.6. The third-order valence-electron chi connectivity index (χ3n) is 3.23. The molecule has 0 aliphatic heterocycles. The Hall–Kier alpha value is -1.79. The van der Waals surface area contributed by atoms with E-state index in [0.29, 0.717) is 12.4 Å². The van der Waals surface area contributed by atoms with E-state index in [1.165, 1.54) is 0 Å². The Morgan fingerprint density at radius 1 is 1.25 bits per heavy atom. The van der Waals surface area contributed by atoms with Crippen LogP contribution in [0.15, 0.2) is 12.4 Å². The average Bonchev–Trinajstić information content (AvgIpc) is 2.83. The number of methoxy groups -OCH3 is 1. The first-order valence-corrected chi connectivity index (χ1v) is 6.65. The Morgan fingerprint density at radius 3 is 2.50 bits per heavy atom. The van der Waals surface area contributed by atoms with E-state index in [1.54, 1.807) is 13.3 Å². The first-order valence-electron chi connectivity index (χ1n) is 6.65. The molecular formula is C14H21N5O. The van der Waals surface area contributed by atoms with Gasteiger partial charge in [0.2, 0.25) is 0 Å². The van der Waals surface area contributed by atoms with Crippen LogP contribution < -0.4 is 5.32 Å². The van der Waals surface area contributed by atoms with Crippen LogP contribution in [0.5, 0.6) is 0 Å². The highest BCUT2D eigenvalue weighted by Gasteiger charge is 2.12. The number of nitrogens with zero attached hydrogens (tertiary/aromatic N) is 4. The highest BCUT2D eigenvalue weighted by Crippen LogP contribution is 2.16. The van der Waals surface area contributed by atoms with Crippen LogP contribution in [0.4, 0.5) is 0 Å². The van der Waals surface area contributed by atoms with Gasteiger partial charge in [-0.15, -0.1) is 0 Å². The summed E-state index contributed by atoms with van der Waals surface area (Å²) >= 11 is 0. The highest BCUT2D eigenvalue weighted by molar-refractivity contribution is 5.46. The average molecular weight is 275 g/mol. The monoisotopic (exact) mass is 275 g/mol. The van der Waals surface area contributed by atoms with E-state index >= 15 is 0 Å². The Morgan fingerprint density at radius 2 is 1.95 bits per heavy atom. The van der Waals surface area contributed by atoms with Gasteiger partial charge in [0, 0.05) is 56.6 Å². The lowest BCUT2D eigenvalue weighted by Crippen LogP contribution is -2.20. The normalized spacial score (nSPS) is 11.0. The van der Waals surface area contributed by atoms with E-state index in [2.05, 4.69) is 20.3 Å². The molecule has 6 heteroatoms. The van der Waals surface area contributed by atoms with Crippen LogP contribution in [-0.2, 0) is 18.3 Å². The maximum Gasteiger partial charge on any atom is 0.196 e. The van der Waals surface area contributed by atoms with Crippen LogP contribution in [-0.4, -0.2) is 39.8 Å². The number of ether oxygens (including phenoxy) is 1. The molecule has 0 aromatic carbocycles. The summed E-state index contributed by atoms with van der Waals surface area (Å²) in [5, 5.41) is 3.32. The van der Waals surface area contributed by atoms with E-state index in [-0.39, 0.29) is 0 Å². The van der Waals surface area contributed by atoms with Crippen molar-refractivity contribution in [2.24, 2.45) is 7.05 Å². The molecule has 20 heavy (non-hydrogen) atoms. The molecule has 0 unspecified atom stereocenters. The largest absolute Gasteiger partial charge is 0.383 e. The van der Waals surface area contributed by atoms with Gasteiger partial charge in [-0.25, -0.2) is 15.0 Å². The molecule has 2 rings (SSSR count). The second-order valence-corrected chi connectivity index (χ2v) is 4.73. The van der Waals surface area contributed by atoms with Crippen molar-refractivity contribution in [1.82, 2.24) is 24.8 Å². The fraction of sp³-hybridized carbons (Fsp3) is 0.500. The van der Waals surface area contributed by atoms with E-state index in [1.807, 2.05) is 31.7 Å². The number of hydrogen-bond acceptors (Lipinski definition) is 5. The van der Waals surface area contributed by atoms with Gasteiger partial charge in [-0.1, -0.05) is 0 Å². The molecule has 0 saturated heterocycles. The number of rotatable bonds is 6. The van der Waals surface area contributed by atoms with E-state index in [4.69, 9.17) is 4.74 Å². The van der Waals surface area contributed by atoms with Gasteiger partial charge in [0.05, 0.1) is 6.61 Å². The summed E-state index contributed by atoms with van der Waals surface area (Å²) in [7, 11) is 3.64. The molecule has 6 nitrogen and oxygen atoms in total. The van der Waals surface area contributed by atoms with Gasteiger partial charge < -0.3 is 14.6 Å². The van der Waals surface area contributed by atoms with Crippen LogP contribution in [0.2, 0.25) is 0 Å². The van der Waals surface area contributed by atoms with Gasteiger partial charge in [-0.05, 0) is 13.8 Å². The second-order valence-electron chi connectivity index (χ2n) is 4.73. The minimum absolute atomic E-state index is 0.674. The number of aromatic nitrogens is 4. The zero-order valence-electron chi connectivity index (χ0n) is 12.5. The van der Waals surface area contributed by atoms with Crippen molar-refractivity contribution in [3.8, 4) is 11.6 Å². The molecule has 0 atom stereocenters. The quantitative estimate of drug-likeness (QED) is 0.803. The Balaban J connectivity index is 2.19. The van der Waals surface area contributed by atoms with Gasteiger partial charge >= 0.3 is 0 Å². The lowest BCUT2D eigenvalue weighted by atomic mass is 10.1. The fourth-order valence-corrected chi connectivity index (χ4v) is 2.06. The summed E-state index contributed by atoms with van der Waals surface area (Å²) in [5.41, 5.74) is 3.11. The molecule has 2 heterocycles. The Kier molecular flexibility index (Phi) is 4.81. The minimum Gasteiger partial charge on any atom is -0.383 e. The summed E-state index contributed by atoms with van der Waals surface area (Å²) in [6, 6.07) is 0. The standard InChI is InChI=1S/C14H21N5O/c1-10-12(9-15-6-8-20-4)11(2)18-13(17-10)14-16-5-7-19(14)3/h5,7,15H,6,8-9H2,1-4H3. The second kappa shape index (κ2) is 6.58. The highest BCUT2D eigenvalue weighted by atomic mass is 16.5. The number of hydrogen-bond donors (Lipinski definition) is 1. The van der Waals surface area contributed by atoms with Crippen molar-refractivity contribution >= 4 is 0 Å². The molecule has 0 aliphatic carbocycles. The smallest absolute Gasteiger partial charge is 0.196 e. The SMILES string of the molecule is COCCNCc1c(C)nc(-c2nccn2C)nc1C. The number of imidazole rings is 1. The predicted octanol–water partition coefficient (Wildman–Crippen LogP) is 1.23. The van der Waals surface area contributed by atoms with Crippen LogP contribution in [0.1, 0.15) is 17.0 Å². The molecule has 2 aromatic heterocycles. The van der Waals surface area contributed by atoms with Crippen molar-refractivity contribution in [1.29, 1.82) is 0 Å². The molecule has 0 saturated carbocycles. The Bertz CT molecular complexity index is 556. The number of aryl methyl sites for hydroxylation is 3. The van der Waals surface area contributed by atoms with Crippen molar-refractivity contribution in [2.75, 3.05) is 20.3 Å². The molecule has 0 spiro atoms. The van der Waals surface area contributed by atoms with E-state index in [9.17, 15) is 0 Å². The minimum atomic E-state index is 0.674. The summed E-state index contributed by atoms with van der Waals surface area (Å²) in [4.78, 5) is 13.4. The van der Waals surface area contributed by atoms with Crippen LogP contribution in [0.3, 0.4) is 0 Å². The zero-order valence-corrected chi connectivity index (χ0v) is 12.5. The summed E-state index contributed by atoms with van der Waals surface area (Å²) in [6.07, 6.45) is 3.65. The van der Waals surface area contributed by atoms with E-state index < -0.39 is 0 Å².